The van der Waals surface area contributed by atoms with Crippen LogP contribution in [-0.2, 0) is 0 Å². The largest absolute Gasteiger partial charge is 0.355 e. The van der Waals surface area contributed by atoms with Gasteiger partial charge in [-0.2, -0.15) is 0 Å². The first-order valence-corrected chi connectivity index (χ1v) is 20.0. The zero-order valence-electron chi connectivity index (χ0n) is 32.1. The van der Waals surface area contributed by atoms with Gasteiger partial charge < -0.3 is 14.5 Å². The van der Waals surface area contributed by atoms with Crippen LogP contribution in [0, 0.1) is 12.8 Å². The second-order valence-corrected chi connectivity index (χ2v) is 16.3. The Morgan fingerprint density at radius 3 is 1.82 bits per heavy atom. The molecule has 0 saturated heterocycles. The number of aromatic amines is 1. The highest BCUT2D eigenvalue weighted by atomic mass is 15.2. The second kappa shape index (κ2) is 12.7. The van der Waals surface area contributed by atoms with E-state index in [2.05, 4.69) is 199 Å². The van der Waals surface area contributed by atoms with Crippen LogP contribution in [0.2, 0.25) is 0 Å². The zero-order valence-corrected chi connectivity index (χ0v) is 32.1. The molecule has 2 aliphatic rings. The van der Waals surface area contributed by atoms with Crippen molar-refractivity contribution in [1.29, 1.82) is 0 Å². The van der Waals surface area contributed by atoms with Crippen LogP contribution < -0.4 is 4.90 Å². The van der Waals surface area contributed by atoms with Crippen molar-refractivity contribution >= 4 is 55.0 Å². The fraction of sp³-hybridized carbons (Fsp3) is 0.132. The van der Waals surface area contributed by atoms with Crippen molar-refractivity contribution in [2.45, 2.75) is 39.5 Å². The van der Waals surface area contributed by atoms with Crippen molar-refractivity contribution in [3.63, 3.8) is 0 Å². The molecule has 3 heteroatoms. The number of benzene rings is 7. The van der Waals surface area contributed by atoms with Crippen LogP contribution in [0.5, 0.6) is 0 Å². The summed E-state index contributed by atoms with van der Waals surface area (Å²) in [5.41, 5.74) is 19.1. The molecule has 270 valence electrons. The Morgan fingerprint density at radius 2 is 1.14 bits per heavy atom. The maximum Gasteiger partial charge on any atom is 0.0541 e. The summed E-state index contributed by atoms with van der Waals surface area (Å²) in [6.07, 6.45) is 6.99. The quantitative estimate of drug-likeness (QED) is 0.182. The van der Waals surface area contributed by atoms with E-state index in [1.807, 2.05) is 0 Å². The van der Waals surface area contributed by atoms with Gasteiger partial charge in [0.15, 0.2) is 0 Å². The highest BCUT2D eigenvalue weighted by molar-refractivity contribution is 6.12. The average Bonchev–Trinajstić information content (AvgIpc) is 3.87. The lowest BCUT2D eigenvalue weighted by molar-refractivity contribution is 0.608. The van der Waals surface area contributed by atoms with Gasteiger partial charge in [-0.1, -0.05) is 97.8 Å². The number of aryl methyl sites for hydroxylation is 1. The number of allylic oxidation sites excluding steroid dienone is 4. The van der Waals surface area contributed by atoms with E-state index >= 15 is 0 Å². The summed E-state index contributed by atoms with van der Waals surface area (Å²) in [6.45, 7) is 6.83. The van der Waals surface area contributed by atoms with E-state index in [1.165, 1.54) is 88.7 Å². The minimum absolute atomic E-state index is 0.353. The van der Waals surface area contributed by atoms with E-state index < -0.39 is 0 Å². The molecule has 1 unspecified atom stereocenters. The summed E-state index contributed by atoms with van der Waals surface area (Å²) in [6, 6.07) is 56.3. The van der Waals surface area contributed by atoms with E-state index in [-0.39, 0.29) is 0 Å². The predicted octanol–water partition coefficient (Wildman–Crippen LogP) is 14.6. The molecule has 3 heterocycles. The SMILES string of the molecule is Cc1ccc2c(c1)c1cc(-c3ccc4[nH]c5ccc(-c6ccc7c(c6)C6CC(CC(C)C)=CC=C6N7c6ccccc6)cc5c4c3)ccc1n2-c1ccccc1. The molecule has 1 N–H and O–H groups in total. The molecule has 0 spiro atoms. The Labute approximate surface area is 327 Å². The number of hydrogen-bond acceptors (Lipinski definition) is 1. The van der Waals surface area contributed by atoms with Crippen LogP contribution in [0.25, 0.3) is 71.6 Å². The molecule has 3 nitrogen and oxygen atoms in total. The van der Waals surface area contributed by atoms with Gasteiger partial charge >= 0.3 is 0 Å². The van der Waals surface area contributed by atoms with Gasteiger partial charge in [-0.25, -0.2) is 0 Å². The van der Waals surface area contributed by atoms with E-state index in [4.69, 9.17) is 0 Å². The van der Waals surface area contributed by atoms with Crippen LogP contribution >= 0.6 is 0 Å². The summed E-state index contributed by atoms with van der Waals surface area (Å²) in [4.78, 5) is 6.20. The topological polar surface area (TPSA) is 24.0 Å². The molecule has 2 aromatic heterocycles. The molecule has 1 atom stereocenters. The van der Waals surface area contributed by atoms with E-state index in [9.17, 15) is 0 Å². The third-order valence-electron chi connectivity index (χ3n) is 12.1. The van der Waals surface area contributed by atoms with Crippen LogP contribution in [0.15, 0.2) is 175 Å². The van der Waals surface area contributed by atoms with Crippen LogP contribution in [-0.4, -0.2) is 9.55 Å². The monoisotopic (exact) mass is 721 g/mol. The van der Waals surface area contributed by atoms with Gasteiger partial charge in [0.05, 0.1) is 11.0 Å². The molecule has 0 saturated carbocycles. The second-order valence-electron chi connectivity index (χ2n) is 16.3. The highest BCUT2D eigenvalue weighted by Gasteiger charge is 2.36. The molecule has 1 aliphatic carbocycles. The molecule has 56 heavy (non-hydrogen) atoms. The Hall–Kier alpha value is -6.58. The number of aromatic nitrogens is 2. The van der Waals surface area contributed by atoms with Crippen molar-refractivity contribution in [1.82, 2.24) is 9.55 Å². The maximum atomic E-state index is 3.72. The fourth-order valence-corrected chi connectivity index (χ4v) is 9.58. The van der Waals surface area contributed by atoms with Gasteiger partial charge in [0, 0.05) is 61.3 Å². The van der Waals surface area contributed by atoms with Gasteiger partial charge in [-0.05, 0) is 145 Å². The van der Waals surface area contributed by atoms with E-state index in [1.54, 1.807) is 5.57 Å². The smallest absolute Gasteiger partial charge is 0.0541 e. The molecule has 9 aromatic rings. The Bertz CT molecular complexity index is 3060. The standard InChI is InChI=1S/C53H43N3/c1-33(2)26-35-15-23-51-45(28-35)47-32-39(19-25-53(47)56(51)41-12-8-5-9-13-41)37-17-21-49-43(30-37)42-29-36(16-20-48(42)54-49)38-18-24-52-46(31-38)44-27-34(3)14-22-50(44)55(52)40-10-6-4-7-11-40/h4-25,27,29-33,45,54H,26,28H2,1-3H3. The van der Waals surface area contributed by atoms with Gasteiger partial charge in [-0.15, -0.1) is 0 Å². The first-order valence-electron chi connectivity index (χ1n) is 20.0. The molecule has 1 aliphatic heterocycles. The van der Waals surface area contributed by atoms with Crippen molar-refractivity contribution in [3.8, 4) is 27.9 Å². The summed E-state index contributed by atoms with van der Waals surface area (Å²) in [5, 5.41) is 5.06. The van der Waals surface area contributed by atoms with Crippen LogP contribution in [0.4, 0.5) is 11.4 Å². The summed E-state index contributed by atoms with van der Waals surface area (Å²) in [5.74, 6) is 0.997. The molecule has 7 aromatic carbocycles. The normalized spacial score (nSPS) is 15.2. The minimum atomic E-state index is 0.353. The third-order valence-corrected chi connectivity index (χ3v) is 12.1. The van der Waals surface area contributed by atoms with Gasteiger partial charge in [0.1, 0.15) is 0 Å². The number of nitrogens with one attached hydrogen (secondary N) is 1. The molecule has 0 amide bonds. The van der Waals surface area contributed by atoms with Crippen LogP contribution in [0.3, 0.4) is 0 Å². The summed E-state index contributed by atoms with van der Waals surface area (Å²) < 4.78 is 2.39. The van der Waals surface area contributed by atoms with E-state index in [0.29, 0.717) is 11.8 Å². The van der Waals surface area contributed by atoms with Crippen molar-refractivity contribution in [3.05, 3.63) is 186 Å². The highest BCUT2D eigenvalue weighted by Crippen LogP contribution is 2.53. The lowest BCUT2D eigenvalue weighted by atomic mass is 9.84. The summed E-state index contributed by atoms with van der Waals surface area (Å²) >= 11 is 0. The number of fused-ring (bicyclic) bond motifs is 9. The number of rotatable bonds is 6. The first-order chi connectivity index (χ1) is 27.5. The molecular weight excluding hydrogens is 679 g/mol. The van der Waals surface area contributed by atoms with E-state index in [0.717, 1.165) is 23.9 Å². The number of H-pyrrole nitrogens is 1. The molecule has 0 bridgehead atoms. The lowest BCUT2D eigenvalue weighted by Gasteiger charge is -2.26. The van der Waals surface area contributed by atoms with Crippen LogP contribution in [0.1, 0.15) is 43.7 Å². The average molecular weight is 722 g/mol. The Morgan fingerprint density at radius 1 is 0.571 bits per heavy atom. The van der Waals surface area contributed by atoms with Crippen molar-refractivity contribution in [2.24, 2.45) is 5.92 Å². The Kier molecular flexibility index (Phi) is 7.47. The molecule has 11 rings (SSSR count). The number of anilines is 2. The van der Waals surface area contributed by atoms with Gasteiger partial charge in [0.25, 0.3) is 0 Å². The number of para-hydroxylation sites is 2. The van der Waals surface area contributed by atoms with Gasteiger partial charge in [0.2, 0.25) is 0 Å². The van der Waals surface area contributed by atoms with Crippen molar-refractivity contribution < 1.29 is 0 Å². The summed E-state index contributed by atoms with van der Waals surface area (Å²) in [7, 11) is 0. The van der Waals surface area contributed by atoms with Gasteiger partial charge in [-0.3, -0.25) is 0 Å². The Balaban J connectivity index is 1.00. The number of nitrogens with zero attached hydrogens (tertiary/aromatic N) is 2. The maximum absolute atomic E-state index is 3.72. The molecular formula is C53H43N3. The lowest BCUT2D eigenvalue weighted by Crippen LogP contribution is -2.15. The fourth-order valence-electron chi connectivity index (χ4n) is 9.58. The minimum Gasteiger partial charge on any atom is -0.355 e. The third kappa shape index (κ3) is 5.26. The molecule has 0 radical (unpaired) electrons. The predicted molar refractivity (Wildman–Crippen MR) is 237 cm³/mol. The zero-order chi connectivity index (χ0) is 37.5. The first kappa shape index (κ1) is 32.8. The number of hydrogen-bond donors (Lipinski definition) is 1. The van der Waals surface area contributed by atoms with Crippen molar-refractivity contribution in [2.75, 3.05) is 4.90 Å². The molecule has 0 fully saturated rings.